The maximum absolute atomic E-state index is 0. The van der Waals surface area contributed by atoms with Gasteiger partial charge in [-0.05, 0) is 0 Å². The Morgan fingerprint density at radius 2 is 1.00 bits per heavy atom. The largest absolute Gasteiger partial charge is 0.412 e. The van der Waals surface area contributed by atoms with Crippen LogP contribution >= 0.6 is 0 Å². The average molecular weight is 345 g/mol. The van der Waals surface area contributed by atoms with Gasteiger partial charge in [0.05, 0.1) is 0 Å². The Bertz CT molecular complexity index is 8.00. The van der Waals surface area contributed by atoms with E-state index in [4.69, 9.17) is 0 Å². The zero-order chi connectivity index (χ0) is 0. The minimum atomic E-state index is 0. The van der Waals surface area contributed by atoms with Crippen LogP contribution in [0.1, 0.15) is 0 Å². The standard InChI is InChI=1S/La.Li.H2O.Ta/h;;1H2;. The van der Waals surface area contributed by atoms with E-state index >= 15 is 0 Å². The molecular formula is H2LaLiOTa. The van der Waals surface area contributed by atoms with E-state index < -0.39 is 0 Å². The van der Waals surface area contributed by atoms with Crippen molar-refractivity contribution in [3.63, 3.8) is 0 Å². The summed E-state index contributed by atoms with van der Waals surface area (Å²) in [6, 6.07) is 0. The molecule has 0 aromatic rings. The van der Waals surface area contributed by atoms with Crippen molar-refractivity contribution in [1.29, 1.82) is 0 Å². The van der Waals surface area contributed by atoms with Crippen LogP contribution in [0.2, 0.25) is 0 Å². The Labute approximate surface area is 80.9 Å². The van der Waals surface area contributed by atoms with E-state index in [0.717, 1.165) is 0 Å². The molecule has 1 nitrogen and oxygen atoms in total. The molecule has 0 fully saturated rings. The number of hydrogen-bond donors (Lipinski definition) is 0. The summed E-state index contributed by atoms with van der Waals surface area (Å²) in [6.45, 7) is 0. The first-order valence-corrected chi connectivity index (χ1v) is 0. The van der Waals surface area contributed by atoms with Crippen molar-refractivity contribution < 1.29 is 63.5 Å². The van der Waals surface area contributed by atoms with Crippen molar-refractivity contribution in [2.45, 2.75) is 0 Å². The summed E-state index contributed by atoms with van der Waals surface area (Å²) in [6.07, 6.45) is 0. The Morgan fingerprint density at radius 1 is 1.00 bits per heavy atom. The van der Waals surface area contributed by atoms with Gasteiger partial charge in [0.25, 0.3) is 0 Å². The van der Waals surface area contributed by atoms with Crippen LogP contribution in [-0.4, -0.2) is 24.3 Å². The van der Waals surface area contributed by atoms with Crippen LogP contribution in [0, 0.1) is 35.6 Å². The van der Waals surface area contributed by atoms with E-state index in [9.17, 15) is 0 Å². The molecule has 0 heterocycles. The van der Waals surface area contributed by atoms with E-state index in [2.05, 4.69) is 0 Å². The second kappa shape index (κ2) is 17.8. The van der Waals surface area contributed by atoms with Crippen molar-refractivity contribution in [3.05, 3.63) is 0 Å². The van der Waals surface area contributed by atoms with Gasteiger partial charge in [-0.15, -0.1) is 0 Å². The van der Waals surface area contributed by atoms with Crippen LogP contribution < -0.4 is 0 Å². The van der Waals surface area contributed by atoms with E-state index in [0.29, 0.717) is 0 Å². The van der Waals surface area contributed by atoms with Gasteiger partial charge in [0.15, 0.2) is 0 Å². The van der Waals surface area contributed by atoms with Crippen LogP contribution in [0.4, 0.5) is 0 Å². The van der Waals surface area contributed by atoms with E-state index in [1.54, 1.807) is 0 Å². The smallest absolute Gasteiger partial charge is 0 e. The molecule has 0 aliphatic carbocycles. The molecule has 0 saturated heterocycles. The first kappa shape index (κ1) is 31.5. The fourth-order valence-electron chi connectivity index (χ4n) is 0. The molecule has 0 spiro atoms. The molecule has 2 N–H and O–H groups in total. The number of hydrogen-bond acceptors (Lipinski definition) is 0. The molecule has 4 heavy (non-hydrogen) atoms. The third kappa shape index (κ3) is 8.82. The van der Waals surface area contributed by atoms with Crippen molar-refractivity contribution in [3.8, 4) is 0 Å². The molecule has 0 unspecified atom stereocenters. The van der Waals surface area contributed by atoms with Crippen LogP contribution in [0.25, 0.3) is 0 Å². The second-order valence-corrected chi connectivity index (χ2v) is 0. The molecular weight excluding hydrogens is 343 g/mol. The molecule has 0 aliphatic heterocycles. The van der Waals surface area contributed by atoms with Crippen LogP contribution in [0.3, 0.4) is 0 Å². The monoisotopic (exact) mass is 345 g/mol. The Balaban J connectivity index is 0. The van der Waals surface area contributed by atoms with Crippen molar-refractivity contribution in [2.75, 3.05) is 0 Å². The average Bonchev–Trinajstić information content (AvgIpc) is 0. The summed E-state index contributed by atoms with van der Waals surface area (Å²) >= 11 is 0. The zero-order valence-electron chi connectivity index (χ0n) is 2.52. The fraction of sp³-hybridized carbons (Fsp3) is 0. The Kier molecular flexibility index (Phi) is 141. The minimum absolute atomic E-state index is 0. The first-order chi connectivity index (χ1) is 0. The van der Waals surface area contributed by atoms with E-state index in [1.165, 1.54) is 0 Å². The van der Waals surface area contributed by atoms with Crippen molar-refractivity contribution >= 4 is 18.9 Å². The second-order valence-electron chi connectivity index (χ2n) is 0. The summed E-state index contributed by atoms with van der Waals surface area (Å²) in [5.41, 5.74) is 0. The summed E-state index contributed by atoms with van der Waals surface area (Å²) in [7, 11) is 0. The quantitative estimate of drug-likeness (QED) is 0.494. The summed E-state index contributed by atoms with van der Waals surface area (Å²) in [4.78, 5) is 0. The maximum atomic E-state index is 0. The molecule has 4 heteroatoms. The molecule has 0 rings (SSSR count). The van der Waals surface area contributed by atoms with Gasteiger partial charge in [0, 0.05) is 76.8 Å². The van der Waals surface area contributed by atoms with Crippen LogP contribution in [0.15, 0.2) is 0 Å². The topological polar surface area (TPSA) is 31.5 Å². The van der Waals surface area contributed by atoms with Gasteiger partial charge in [-0.2, -0.15) is 0 Å². The van der Waals surface area contributed by atoms with Crippen molar-refractivity contribution in [1.82, 2.24) is 0 Å². The van der Waals surface area contributed by atoms with Gasteiger partial charge < -0.3 is 5.48 Å². The zero-order valence-corrected chi connectivity index (χ0v) is 9.36. The molecule has 3 radical (unpaired) electrons. The fourth-order valence-corrected chi connectivity index (χ4v) is 0. The SMILES string of the molecule is O.[La].[Li].[Ta]. The van der Waals surface area contributed by atoms with E-state index in [1.807, 2.05) is 0 Å². The van der Waals surface area contributed by atoms with Gasteiger partial charge in [-0.1, -0.05) is 0 Å². The number of rotatable bonds is 0. The Hall–Kier alpha value is 2.49. The minimum Gasteiger partial charge on any atom is -0.412 e. The molecule has 0 saturated carbocycles. The van der Waals surface area contributed by atoms with Gasteiger partial charge in [0.1, 0.15) is 0 Å². The summed E-state index contributed by atoms with van der Waals surface area (Å²) in [5, 5.41) is 0. The normalized spacial score (nSPS) is 0. The maximum Gasteiger partial charge on any atom is 0 e. The molecule has 0 amide bonds. The molecule has 0 aliphatic rings. The van der Waals surface area contributed by atoms with Crippen molar-refractivity contribution in [2.24, 2.45) is 0 Å². The van der Waals surface area contributed by atoms with Gasteiger partial charge >= 0.3 is 0 Å². The summed E-state index contributed by atoms with van der Waals surface area (Å²) in [5.74, 6) is 0. The molecule has 0 aromatic heterocycles. The molecule has 0 atom stereocenters. The van der Waals surface area contributed by atoms with Gasteiger partial charge in [-0.3, -0.25) is 0 Å². The Morgan fingerprint density at radius 3 is 1.00 bits per heavy atom. The third-order valence-electron chi connectivity index (χ3n) is 0. The predicted octanol–water partition coefficient (Wildman–Crippen LogP) is -1.21. The van der Waals surface area contributed by atoms with Gasteiger partial charge in [0.2, 0.25) is 0 Å². The van der Waals surface area contributed by atoms with Crippen LogP contribution in [0.5, 0.6) is 0 Å². The summed E-state index contributed by atoms with van der Waals surface area (Å²) < 4.78 is 0. The first-order valence-electron chi connectivity index (χ1n) is 0. The van der Waals surface area contributed by atoms with E-state index in [-0.39, 0.29) is 82.3 Å². The van der Waals surface area contributed by atoms with Gasteiger partial charge in [-0.25, -0.2) is 0 Å². The predicted molar refractivity (Wildman–Crippen MR) is 9.37 cm³/mol. The molecule has 17 valence electrons. The molecule has 0 bridgehead atoms. The van der Waals surface area contributed by atoms with Crippen LogP contribution in [-0.2, 0) is 22.4 Å². The third-order valence-corrected chi connectivity index (χ3v) is 0. The molecule has 0 aromatic carbocycles.